The Bertz CT molecular complexity index is 468. The van der Waals surface area contributed by atoms with Gasteiger partial charge in [-0.05, 0) is 48.7 Å². The van der Waals surface area contributed by atoms with Crippen molar-refractivity contribution < 1.29 is 0 Å². The first kappa shape index (κ1) is 49.4. The van der Waals surface area contributed by atoms with E-state index in [1.807, 2.05) is 0 Å². The number of hydrogen-bond acceptors (Lipinski definition) is 0. The summed E-state index contributed by atoms with van der Waals surface area (Å²) < 4.78 is 0. The molecule has 0 aliphatic carbocycles. The maximum absolute atomic E-state index is 2.34. The monoisotopic (exact) mass is 709 g/mol. The third-order valence-electron chi connectivity index (χ3n) is 11.7. The van der Waals surface area contributed by atoms with Crippen molar-refractivity contribution in [1.29, 1.82) is 0 Å². The van der Waals surface area contributed by atoms with Crippen LogP contribution in [-0.2, 0) is 0 Å². The quantitative estimate of drug-likeness (QED) is 0.0553. The number of unbranched alkanes of at least 4 members (excludes halogenated alkanes) is 36. The van der Waals surface area contributed by atoms with Crippen LogP contribution in [0.15, 0.2) is 0 Å². The van der Waals surface area contributed by atoms with Gasteiger partial charge in [-0.2, -0.15) is 0 Å². The average Bonchev–Trinajstić information content (AvgIpc) is 3.11. The molecule has 0 unspecified atom stereocenters. The molecule has 0 aromatic carbocycles. The molecule has 298 valence electrons. The van der Waals surface area contributed by atoms with Gasteiger partial charge in [0, 0.05) is 0 Å². The Balaban J connectivity index is 4.87. The third kappa shape index (κ3) is 37.9. The minimum absolute atomic E-state index is 0.427. The molecule has 0 nitrogen and oxygen atoms in total. The van der Waals surface area contributed by atoms with Crippen molar-refractivity contribution >= 4 is 10.0 Å². The number of rotatable bonds is 44. The van der Waals surface area contributed by atoms with Gasteiger partial charge in [0.15, 0.2) is 0 Å². The molecule has 0 fully saturated rings. The van der Waals surface area contributed by atoms with Crippen molar-refractivity contribution in [2.45, 2.75) is 285 Å². The lowest BCUT2D eigenvalue weighted by Crippen LogP contribution is -2.18. The van der Waals surface area contributed by atoms with Gasteiger partial charge >= 0.3 is 0 Å². The van der Waals surface area contributed by atoms with Crippen LogP contribution >= 0.6 is 10.0 Å². The van der Waals surface area contributed by atoms with Gasteiger partial charge in [0.1, 0.15) is 0 Å². The smallest absolute Gasteiger partial charge is 0.0228 e. The van der Waals surface area contributed by atoms with Crippen molar-refractivity contribution in [2.24, 2.45) is 0 Å². The largest absolute Gasteiger partial charge is 0.241 e. The number of hydrogen-bond donors (Lipinski definition) is 0. The second-order valence-electron chi connectivity index (χ2n) is 16.8. The summed E-state index contributed by atoms with van der Waals surface area (Å²) >= 11 is 0. The molecule has 0 N–H and O–H groups in total. The molecule has 0 rings (SSSR count). The highest BCUT2D eigenvalue weighted by Gasteiger charge is 2.23. The lowest BCUT2D eigenvalue weighted by Gasteiger charge is -2.41. The normalized spacial score (nSPS) is 12.3. The van der Waals surface area contributed by atoms with E-state index < -0.39 is 10.0 Å². The van der Waals surface area contributed by atoms with Gasteiger partial charge in [0.2, 0.25) is 0 Å². The van der Waals surface area contributed by atoms with Crippen molar-refractivity contribution in [3.8, 4) is 0 Å². The van der Waals surface area contributed by atoms with Gasteiger partial charge in [0.25, 0.3) is 0 Å². The summed E-state index contributed by atoms with van der Waals surface area (Å²) in [6, 6.07) is 0. The van der Waals surface area contributed by atoms with E-state index in [0.717, 1.165) is 0 Å². The van der Waals surface area contributed by atoms with Gasteiger partial charge in [-0.1, -0.05) is 259 Å². The van der Waals surface area contributed by atoms with Crippen molar-refractivity contribution in [3.05, 3.63) is 0 Å². The van der Waals surface area contributed by atoms with E-state index in [4.69, 9.17) is 0 Å². The average molecular weight is 709 g/mol. The summed E-state index contributed by atoms with van der Waals surface area (Å²) in [7, 11) is -0.427. The lowest BCUT2D eigenvalue weighted by molar-refractivity contribution is 0.558. The first-order valence-corrected chi connectivity index (χ1v) is 26.3. The Morgan fingerprint density at radius 3 is 0.429 bits per heavy atom. The van der Waals surface area contributed by atoms with E-state index in [9.17, 15) is 0 Å². The molecule has 0 aromatic heterocycles. The maximum Gasteiger partial charge on any atom is -0.0228 e. The highest BCUT2D eigenvalue weighted by Crippen LogP contribution is 2.51. The van der Waals surface area contributed by atoms with Crippen LogP contribution in [0.25, 0.3) is 0 Å². The van der Waals surface area contributed by atoms with Crippen LogP contribution in [0.5, 0.6) is 0 Å². The molecular weight excluding hydrogens is 609 g/mol. The lowest BCUT2D eigenvalue weighted by atomic mass is 10.1. The fraction of sp³-hybridized carbons (Fsp3) is 1.00. The van der Waals surface area contributed by atoms with Gasteiger partial charge in [-0.15, -0.1) is 0 Å². The van der Waals surface area contributed by atoms with Gasteiger partial charge < -0.3 is 0 Å². The van der Waals surface area contributed by atoms with E-state index in [0.29, 0.717) is 0 Å². The molecule has 0 amide bonds. The van der Waals surface area contributed by atoms with Crippen LogP contribution in [0.4, 0.5) is 0 Å². The molecule has 0 saturated carbocycles. The Hall–Kier alpha value is 0.350. The minimum atomic E-state index is -0.427. The molecule has 0 aromatic rings. The van der Waals surface area contributed by atoms with E-state index in [-0.39, 0.29) is 0 Å². The van der Waals surface area contributed by atoms with Gasteiger partial charge in [0.05, 0.1) is 0 Å². The van der Waals surface area contributed by atoms with Crippen LogP contribution in [0.2, 0.25) is 0 Å². The van der Waals surface area contributed by atoms with E-state index in [1.165, 1.54) is 231 Å². The predicted octanol–water partition coefficient (Wildman–Crippen LogP) is 18.5. The van der Waals surface area contributed by atoms with Crippen LogP contribution < -0.4 is 0 Å². The van der Waals surface area contributed by atoms with Crippen molar-refractivity contribution in [1.82, 2.24) is 0 Å². The summed E-state index contributed by atoms with van der Waals surface area (Å²) in [6.45, 7) is 9.35. The van der Waals surface area contributed by atoms with Crippen molar-refractivity contribution in [3.63, 3.8) is 0 Å². The SMILES string of the molecule is CCCCCCCCCCCCS(CCCCCCCCCCCC)(CCCCCCCCCCCC)CCCCCCCCCCCC. The molecule has 49 heavy (non-hydrogen) atoms. The Morgan fingerprint density at radius 1 is 0.163 bits per heavy atom. The zero-order valence-electron chi connectivity index (χ0n) is 35.5. The predicted molar refractivity (Wildman–Crippen MR) is 234 cm³/mol. The van der Waals surface area contributed by atoms with Crippen LogP contribution in [0, 0.1) is 0 Å². The van der Waals surface area contributed by atoms with Crippen LogP contribution in [0.1, 0.15) is 285 Å². The molecule has 0 bridgehead atoms. The molecule has 1 heteroatoms. The third-order valence-corrected chi connectivity index (χ3v) is 16.3. The Labute approximate surface area is 316 Å². The zero-order chi connectivity index (χ0) is 35.6. The maximum atomic E-state index is 2.34. The van der Waals surface area contributed by atoms with E-state index in [1.54, 1.807) is 48.7 Å². The molecule has 0 atom stereocenters. The fourth-order valence-electron chi connectivity index (χ4n) is 8.20. The topological polar surface area (TPSA) is 0 Å². The van der Waals surface area contributed by atoms with Crippen LogP contribution in [0.3, 0.4) is 0 Å². The minimum Gasteiger partial charge on any atom is -0.241 e. The second kappa shape index (κ2) is 42.8. The summed E-state index contributed by atoms with van der Waals surface area (Å²) in [4.78, 5) is 0. The zero-order valence-corrected chi connectivity index (χ0v) is 36.3. The molecule has 0 radical (unpaired) electrons. The van der Waals surface area contributed by atoms with Gasteiger partial charge in [-0.3, -0.25) is 0 Å². The van der Waals surface area contributed by atoms with Crippen molar-refractivity contribution in [2.75, 3.05) is 23.0 Å². The molecule has 0 saturated heterocycles. The second-order valence-corrected chi connectivity index (χ2v) is 20.9. The molecule has 0 aliphatic heterocycles. The highest BCUT2D eigenvalue weighted by molar-refractivity contribution is 8.33. The molecule has 0 spiro atoms. The Kier molecular flexibility index (Phi) is 43.1. The van der Waals surface area contributed by atoms with E-state index >= 15 is 0 Å². The highest BCUT2D eigenvalue weighted by atomic mass is 32.3. The Morgan fingerprint density at radius 2 is 0.286 bits per heavy atom. The van der Waals surface area contributed by atoms with Gasteiger partial charge in [-0.25, -0.2) is 10.0 Å². The van der Waals surface area contributed by atoms with Crippen LogP contribution in [-0.4, -0.2) is 23.0 Å². The molecule has 0 aliphatic rings. The first-order valence-electron chi connectivity index (χ1n) is 24.0. The molecule has 0 heterocycles. The molecular formula is C48H100S. The van der Waals surface area contributed by atoms with E-state index in [2.05, 4.69) is 27.7 Å². The summed E-state index contributed by atoms with van der Waals surface area (Å²) in [5, 5.41) is 0. The standard InChI is InChI=1S/C48H100S/c1-5-9-13-17-21-25-29-33-37-41-45-49(46-42-38-34-30-26-22-18-14-10-6-2,47-43-39-35-31-27-23-19-15-11-7-3)48-44-40-36-32-28-24-20-16-12-8-4/h5-48H2,1-4H3. The summed E-state index contributed by atoms with van der Waals surface area (Å²) in [5.41, 5.74) is 0. The first-order chi connectivity index (χ1) is 24.2. The fourth-order valence-corrected chi connectivity index (χ4v) is 12.7. The summed E-state index contributed by atoms with van der Waals surface area (Å²) in [6.07, 6.45) is 59.5. The summed E-state index contributed by atoms with van der Waals surface area (Å²) in [5.74, 6) is 6.54.